The van der Waals surface area contributed by atoms with Crippen LogP contribution < -0.4 is 10.1 Å². The molecule has 1 aliphatic rings. The molecule has 0 heterocycles. The highest BCUT2D eigenvalue weighted by molar-refractivity contribution is 5.85. The number of amides is 1. The normalized spacial score (nSPS) is 15.3. The monoisotopic (exact) mass is 299 g/mol. The minimum Gasteiger partial charge on any atom is -0.484 e. The summed E-state index contributed by atoms with van der Waals surface area (Å²) in [5, 5.41) is 13.7. The van der Waals surface area contributed by atoms with E-state index in [9.17, 15) is 9.59 Å². The topological polar surface area (TPSA) is 75.6 Å². The summed E-state index contributed by atoms with van der Waals surface area (Å²) in [4.78, 5) is 22.9. The lowest BCUT2D eigenvalue weighted by molar-refractivity contribution is -0.142. The van der Waals surface area contributed by atoms with Crippen molar-refractivity contribution in [3.8, 4) is 5.75 Å². The first-order valence-electron chi connectivity index (χ1n) is 7.27. The van der Waals surface area contributed by atoms with Gasteiger partial charge in [0.25, 0.3) is 5.91 Å². The van der Waals surface area contributed by atoms with Crippen LogP contribution in [0, 0.1) is 5.92 Å². The van der Waals surface area contributed by atoms with E-state index < -0.39 is 17.9 Å². The lowest BCUT2D eigenvalue weighted by atomic mass is 10.1. The lowest BCUT2D eigenvalue weighted by Crippen LogP contribution is -2.44. The molecule has 0 radical (unpaired) electrons. The van der Waals surface area contributed by atoms with Gasteiger partial charge in [0, 0.05) is 0 Å². The number of fused-ring (bicyclic) bond motifs is 1. The molecule has 2 aromatic rings. The van der Waals surface area contributed by atoms with Gasteiger partial charge in [-0.15, -0.1) is 0 Å². The SMILES string of the molecule is O=C(COc1ccc2ccccc2c1)NC(C(=O)O)C1CC1. The number of ether oxygens (including phenoxy) is 1. The number of hydrogen-bond donors (Lipinski definition) is 2. The third kappa shape index (κ3) is 3.36. The maximum atomic E-state index is 11.8. The smallest absolute Gasteiger partial charge is 0.326 e. The summed E-state index contributed by atoms with van der Waals surface area (Å²) >= 11 is 0. The summed E-state index contributed by atoms with van der Waals surface area (Å²) in [6.45, 7) is -0.186. The van der Waals surface area contributed by atoms with Crippen LogP contribution in [-0.4, -0.2) is 29.6 Å². The molecule has 5 heteroatoms. The first-order valence-corrected chi connectivity index (χ1v) is 7.27. The molecule has 0 spiro atoms. The Balaban J connectivity index is 1.58. The quantitative estimate of drug-likeness (QED) is 0.857. The second-order valence-corrected chi connectivity index (χ2v) is 5.52. The molecule has 0 saturated heterocycles. The van der Waals surface area contributed by atoms with E-state index >= 15 is 0 Å². The molecular formula is C17H17NO4. The van der Waals surface area contributed by atoms with Crippen LogP contribution in [0.4, 0.5) is 0 Å². The Morgan fingerprint density at radius 3 is 2.59 bits per heavy atom. The number of nitrogens with one attached hydrogen (secondary N) is 1. The molecule has 22 heavy (non-hydrogen) atoms. The van der Waals surface area contributed by atoms with Gasteiger partial charge in [-0.2, -0.15) is 0 Å². The van der Waals surface area contributed by atoms with Gasteiger partial charge in [-0.3, -0.25) is 4.79 Å². The second-order valence-electron chi connectivity index (χ2n) is 5.52. The molecule has 1 saturated carbocycles. The van der Waals surface area contributed by atoms with Crippen molar-refractivity contribution in [2.45, 2.75) is 18.9 Å². The van der Waals surface area contributed by atoms with E-state index in [1.807, 2.05) is 36.4 Å². The van der Waals surface area contributed by atoms with Crippen molar-refractivity contribution in [1.29, 1.82) is 0 Å². The second kappa shape index (κ2) is 6.05. The van der Waals surface area contributed by atoms with Crippen LogP contribution in [0.1, 0.15) is 12.8 Å². The lowest BCUT2D eigenvalue weighted by Gasteiger charge is -2.14. The Bertz CT molecular complexity index is 709. The Kier molecular flexibility index (Phi) is 3.96. The third-order valence-electron chi connectivity index (χ3n) is 3.77. The molecule has 0 bridgehead atoms. The van der Waals surface area contributed by atoms with E-state index in [1.165, 1.54) is 0 Å². The summed E-state index contributed by atoms with van der Waals surface area (Å²) in [6.07, 6.45) is 1.70. The molecule has 5 nitrogen and oxygen atoms in total. The molecule has 1 unspecified atom stereocenters. The summed E-state index contributed by atoms with van der Waals surface area (Å²) in [7, 11) is 0. The van der Waals surface area contributed by atoms with E-state index in [4.69, 9.17) is 9.84 Å². The fourth-order valence-electron chi connectivity index (χ4n) is 2.43. The van der Waals surface area contributed by atoms with Gasteiger partial charge in [0.1, 0.15) is 11.8 Å². The van der Waals surface area contributed by atoms with E-state index in [0.717, 1.165) is 23.6 Å². The average molecular weight is 299 g/mol. The summed E-state index contributed by atoms with van der Waals surface area (Å²) < 4.78 is 5.45. The van der Waals surface area contributed by atoms with E-state index in [2.05, 4.69) is 5.32 Å². The van der Waals surface area contributed by atoms with E-state index in [0.29, 0.717) is 5.75 Å². The Labute approximate surface area is 127 Å². The van der Waals surface area contributed by atoms with E-state index in [1.54, 1.807) is 6.07 Å². The fraction of sp³-hybridized carbons (Fsp3) is 0.294. The minimum absolute atomic E-state index is 0.0575. The summed E-state index contributed by atoms with van der Waals surface area (Å²) in [5.41, 5.74) is 0. The number of benzene rings is 2. The van der Waals surface area contributed by atoms with Gasteiger partial charge in [-0.05, 0) is 41.7 Å². The zero-order chi connectivity index (χ0) is 15.5. The molecule has 0 aliphatic heterocycles. The molecular weight excluding hydrogens is 282 g/mol. The van der Waals surface area contributed by atoms with Crippen LogP contribution in [0.3, 0.4) is 0 Å². The van der Waals surface area contributed by atoms with Crippen LogP contribution in [0.2, 0.25) is 0 Å². The van der Waals surface area contributed by atoms with Gasteiger partial charge in [0.2, 0.25) is 0 Å². The summed E-state index contributed by atoms with van der Waals surface area (Å²) in [5.74, 6) is -0.747. The highest BCUT2D eigenvalue weighted by atomic mass is 16.5. The number of carbonyl (C=O) groups excluding carboxylic acids is 1. The predicted molar refractivity (Wildman–Crippen MR) is 81.7 cm³/mol. The largest absolute Gasteiger partial charge is 0.484 e. The standard InChI is InChI=1S/C17H17NO4/c19-15(18-16(17(20)21)12-5-6-12)10-22-14-8-7-11-3-1-2-4-13(11)9-14/h1-4,7-9,12,16H,5-6,10H2,(H,18,19)(H,20,21). The van der Waals surface area contributed by atoms with Crippen molar-refractivity contribution in [3.63, 3.8) is 0 Å². The van der Waals surface area contributed by atoms with Crippen LogP contribution in [0.5, 0.6) is 5.75 Å². The number of carboxylic acids is 1. The molecule has 114 valence electrons. The zero-order valence-electron chi connectivity index (χ0n) is 12.0. The Morgan fingerprint density at radius 2 is 1.91 bits per heavy atom. The first kappa shape index (κ1) is 14.4. The number of carbonyl (C=O) groups is 2. The molecule has 0 aromatic heterocycles. The minimum atomic E-state index is -0.985. The first-order chi connectivity index (χ1) is 10.6. The van der Waals surface area contributed by atoms with E-state index in [-0.39, 0.29) is 12.5 Å². The maximum absolute atomic E-state index is 11.8. The number of carboxylic acid groups (broad SMARTS) is 1. The van der Waals surface area contributed by atoms with Crippen molar-refractivity contribution >= 4 is 22.6 Å². The molecule has 2 aromatic carbocycles. The Hall–Kier alpha value is -2.56. The van der Waals surface area contributed by atoms with Crippen molar-refractivity contribution < 1.29 is 19.4 Å². The van der Waals surface area contributed by atoms with Gasteiger partial charge in [0.05, 0.1) is 0 Å². The number of hydrogen-bond acceptors (Lipinski definition) is 3. The molecule has 1 fully saturated rings. The highest BCUT2D eigenvalue weighted by Gasteiger charge is 2.37. The Morgan fingerprint density at radius 1 is 1.18 bits per heavy atom. The summed E-state index contributed by atoms with van der Waals surface area (Å²) in [6, 6.07) is 12.6. The van der Waals surface area contributed by atoms with Crippen LogP contribution >= 0.6 is 0 Å². The van der Waals surface area contributed by atoms with Crippen molar-refractivity contribution in [3.05, 3.63) is 42.5 Å². The fourth-order valence-corrected chi connectivity index (χ4v) is 2.43. The molecule has 3 rings (SSSR count). The van der Waals surface area contributed by atoms with Gasteiger partial charge < -0.3 is 15.2 Å². The highest BCUT2D eigenvalue weighted by Crippen LogP contribution is 2.32. The van der Waals surface area contributed by atoms with Crippen LogP contribution in [-0.2, 0) is 9.59 Å². The molecule has 1 atom stereocenters. The van der Waals surface area contributed by atoms with Crippen molar-refractivity contribution in [1.82, 2.24) is 5.32 Å². The van der Waals surface area contributed by atoms with Gasteiger partial charge in [-0.1, -0.05) is 30.3 Å². The van der Waals surface area contributed by atoms with Crippen LogP contribution in [0.15, 0.2) is 42.5 Å². The number of rotatable bonds is 6. The van der Waals surface area contributed by atoms with Gasteiger partial charge in [0.15, 0.2) is 6.61 Å². The van der Waals surface area contributed by atoms with Crippen LogP contribution in [0.25, 0.3) is 10.8 Å². The molecule has 1 amide bonds. The van der Waals surface area contributed by atoms with Crippen molar-refractivity contribution in [2.75, 3.05) is 6.61 Å². The van der Waals surface area contributed by atoms with Crippen molar-refractivity contribution in [2.24, 2.45) is 5.92 Å². The maximum Gasteiger partial charge on any atom is 0.326 e. The van der Waals surface area contributed by atoms with Gasteiger partial charge >= 0.3 is 5.97 Å². The predicted octanol–water partition coefficient (Wildman–Crippen LogP) is 2.20. The molecule has 2 N–H and O–H groups in total. The molecule has 1 aliphatic carbocycles. The third-order valence-corrected chi connectivity index (χ3v) is 3.77. The van der Waals surface area contributed by atoms with Gasteiger partial charge in [-0.25, -0.2) is 4.79 Å². The zero-order valence-corrected chi connectivity index (χ0v) is 12.0. The average Bonchev–Trinajstić information content (AvgIpc) is 3.34. The number of aliphatic carboxylic acids is 1.